The molecule has 1 heterocycles. The van der Waals surface area contributed by atoms with Gasteiger partial charge in [-0.2, -0.15) is 0 Å². The van der Waals surface area contributed by atoms with Gasteiger partial charge in [-0.25, -0.2) is 0 Å². The summed E-state index contributed by atoms with van der Waals surface area (Å²) in [5.41, 5.74) is 2.79. The summed E-state index contributed by atoms with van der Waals surface area (Å²) >= 11 is 0. The first kappa shape index (κ1) is 6.71. The van der Waals surface area contributed by atoms with E-state index in [9.17, 15) is 0 Å². The van der Waals surface area contributed by atoms with Crippen molar-refractivity contribution in [3.05, 3.63) is 35.1 Å². The Bertz CT molecular complexity index is 256. The minimum absolute atomic E-state index is 0.866. The fourth-order valence-electron chi connectivity index (χ4n) is 1.41. The third-order valence-electron chi connectivity index (χ3n) is 2.14. The third kappa shape index (κ3) is 1.23. The van der Waals surface area contributed by atoms with E-state index >= 15 is 0 Å². The lowest BCUT2D eigenvalue weighted by Gasteiger charge is -1.94. The van der Waals surface area contributed by atoms with E-state index in [1.165, 1.54) is 11.1 Å². The van der Waals surface area contributed by atoms with Crippen molar-refractivity contribution in [2.24, 2.45) is 0 Å². The van der Waals surface area contributed by atoms with Gasteiger partial charge in [-0.05, 0) is 25.0 Å². The van der Waals surface area contributed by atoms with Crippen LogP contribution in [0.25, 0.3) is 0 Å². The van der Waals surface area contributed by atoms with E-state index in [1.807, 2.05) is 0 Å². The predicted molar refractivity (Wildman–Crippen MR) is 45.1 cm³/mol. The van der Waals surface area contributed by atoms with Gasteiger partial charge >= 0.3 is 0 Å². The van der Waals surface area contributed by atoms with Crippen molar-refractivity contribution in [1.29, 1.82) is 0 Å². The van der Waals surface area contributed by atoms with Crippen molar-refractivity contribution in [3.63, 3.8) is 0 Å². The first-order valence-electron chi connectivity index (χ1n) is 4.06. The minimum Gasteiger partial charge on any atom is -0.493 e. The molecule has 2 aliphatic rings. The second kappa shape index (κ2) is 2.57. The van der Waals surface area contributed by atoms with Gasteiger partial charge in [0.25, 0.3) is 0 Å². The molecule has 0 saturated carbocycles. The second-order valence-electron chi connectivity index (χ2n) is 3.08. The van der Waals surface area contributed by atoms with Crippen LogP contribution in [0.15, 0.2) is 35.1 Å². The van der Waals surface area contributed by atoms with Crippen LogP contribution in [0.3, 0.4) is 0 Å². The van der Waals surface area contributed by atoms with Crippen LogP contribution >= 0.6 is 0 Å². The Morgan fingerprint density at radius 3 is 3.18 bits per heavy atom. The van der Waals surface area contributed by atoms with Crippen LogP contribution in [0.1, 0.15) is 19.8 Å². The highest BCUT2D eigenvalue weighted by atomic mass is 16.5. The van der Waals surface area contributed by atoms with Crippen LogP contribution in [-0.2, 0) is 4.74 Å². The Balaban J connectivity index is 2.33. The van der Waals surface area contributed by atoms with Gasteiger partial charge in [0.05, 0.1) is 6.61 Å². The maximum Gasteiger partial charge on any atom is 0.122 e. The quantitative estimate of drug-likeness (QED) is 0.513. The molecule has 1 saturated heterocycles. The van der Waals surface area contributed by atoms with Crippen molar-refractivity contribution >= 4 is 0 Å². The van der Waals surface area contributed by atoms with Gasteiger partial charge in [0.2, 0.25) is 0 Å². The number of hydrogen-bond donors (Lipinski definition) is 0. The number of ether oxygens (including phenoxy) is 1. The molecule has 0 aromatic heterocycles. The summed E-state index contributed by atoms with van der Waals surface area (Å²) in [4.78, 5) is 0. The Labute approximate surface area is 67.1 Å². The van der Waals surface area contributed by atoms with Crippen LogP contribution in [0.5, 0.6) is 0 Å². The van der Waals surface area contributed by atoms with E-state index in [1.54, 1.807) is 0 Å². The average molecular weight is 148 g/mol. The molecular weight excluding hydrogens is 136 g/mol. The highest BCUT2D eigenvalue weighted by Crippen LogP contribution is 2.27. The zero-order valence-electron chi connectivity index (χ0n) is 6.76. The van der Waals surface area contributed by atoms with Gasteiger partial charge in [0.1, 0.15) is 5.76 Å². The SMILES string of the molecule is CC1=CC=C2OCCC2=CC1. The normalized spacial score (nSPS) is 22.5. The molecule has 1 fully saturated rings. The molecule has 1 aliphatic carbocycles. The number of rotatable bonds is 0. The summed E-state index contributed by atoms with van der Waals surface area (Å²) in [6, 6.07) is 0. The summed E-state index contributed by atoms with van der Waals surface area (Å²) in [6.07, 6.45) is 8.68. The monoisotopic (exact) mass is 148 g/mol. The van der Waals surface area contributed by atoms with Crippen molar-refractivity contribution in [2.75, 3.05) is 6.61 Å². The molecule has 0 bridgehead atoms. The molecule has 0 aromatic rings. The zero-order valence-corrected chi connectivity index (χ0v) is 6.76. The van der Waals surface area contributed by atoms with E-state index < -0.39 is 0 Å². The summed E-state index contributed by atoms with van der Waals surface area (Å²) in [6.45, 7) is 3.01. The molecular formula is C10H12O. The van der Waals surface area contributed by atoms with Crippen molar-refractivity contribution in [3.8, 4) is 0 Å². The lowest BCUT2D eigenvalue weighted by molar-refractivity contribution is 0.266. The van der Waals surface area contributed by atoms with Crippen molar-refractivity contribution < 1.29 is 4.74 Å². The van der Waals surface area contributed by atoms with E-state index in [2.05, 4.69) is 25.2 Å². The minimum atomic E-state index is 0.866. The average Bonchev–Trinajstić information content (AvgIpc) is 2.38. The maximum absolute atomic E-state index is 5.43. The molecule has 0 N–H and O–H groups in total. The second-order valence-corrected chi connectivity index (χ2v) is 3.08. The Kier molecular flexibility index (Phi) is 1.57. The molecule has 0 unspecified atom stereocenters. The van der Waals surface area contributed by atoms with Gasteiger partial charge in [0, 0.05) is 6.42 Å². The highest BCUT2D eigenvalue weighted by Gasteiger charge is 2.14. The Morgan fingerprint density at radius 2 is 2.27 bits per heavy atom. The zero-order chi connectivity index (χ0) is 7.68. The summed E-state index contributed by atoms with van der Waals surface area (Å²) < 4.78 is 5.43. The molecule has 1 heteroatoms. The molecule has 1 aliphatic heterocycles. The molecule has 0 radical (unpaired) electrons. The largest absolute Gasteiger partial charge is 0.493 e. The number of fused-ring (bicyclic) bond motifs is 1. The maximum atomic E-state index is 5.43. The topological polar surface area (TPSA) is 9.23 Å². The summed E-state index contributed by atoms with van der Waals surface area (Å²) in [7, 11) is 0. The van der Waals surface area contributed by atoms with Crippen LogP contribution in [0.2, 0.25) is 0 Å². The molecule has 11 heavy (non-hydrogen) atoms. The van der Waals surface area contributed by atoms with E-state index in [-0.39, 0.29) is 0 Å². The Hall–Kier alpha value is -0.980. The van der Waals surface area contributed by atoms with Gasteiger partial charge in [-0.3, -0.25) is 0 Å². The number of hydrogen-bond acceptors (Lipinski definition) is 1. The molecule has 0 spiro atoms. The molecule has 2 rings (SSSR count). The summed E-state index contributed by atoms with van der Waals surface area (Å²) in [5, 5.41) is 0. The lowest BCUT2D eigenvalue weighted by Crippen LogP contribution is -1.77. The van der Waals surface area contributed by atoms with Crippen molar-refractivity contribution in [2.45, 2.75) is 19.8 Å². The van der Waals surface area contributed by atoms with Gasteiger partial charge < -0.3 is 4.74 Å². The first-order chi connectivity index (χ1) is 5.36. The van der Waals surface area contributed by atoms with Crippen LogP contribution in [0.4, 0.5) is 0 Å². The van der Waals surface area contributed by atoms with Crippen LogP contribution in [0, 0.1) is 0 Å². The summed E-state index contributed by atoms with van der Waals surface area (Å²) in [5.74, 6) is 1.09. The molecule has 0 amide bonds. The van der Waals surface area contributed by atoms with Gasteiger partial charge in [-0.1, -0.05) is 17.7 Å². The van der Waals surface area contributed by atoms with Crippen molar-refractivity contribution in [1.82, 2.24) is 0 Å². The van der Waals surface area contributed by atoms with E-state index in [0.717, 1.165) is 25.2 Å². The van der Waals surface area contributed by atoms with E-state index in [0.29, 0.717) is 0 Å². The fourth-order valence-corrected chi connectivity index (χ4v) is 1.41. The van der Waals surface area contributed by atoms with Crippen LogP contribution in [-0.4, -0.2) is 6.61 Å². The lowest BCUT2D eigenvalue weighted by atomic mass is 10.1. The number of allylic oxidation sites excluding steroid dienone is 5. The molecule has 1 nitrogen and oxygen atoms in total. The van der Waals surface area contributed by atoms with E-state index in [4.69, 9.17) is 4.74 Å². The Morgan fingerprint density at radius 1 is 1.36 bits per heavy atom. The van der Waals surface area contributed by atoms with Crippen LogP contribution < -0.4 is 0 Å². The smallest absolute Gasteiger partial charge is 0.122 e. The first-order valence-corrected chi connectivity index (χ1v) is 4.06. The van der Waals surface area contributed by atoms with Gasteiger partial charge in [0.15, 0.2) is 0 Å². The molecule has 58 valence electrons. The predicted octanol–water partition coefficient (Wildman–Crippen LogP) is 2.57. The fraction of sp³-hybridized carbons (Fsp3) is 0.400. The molecule has 0 aromatic carbocycles. The van der Waals surface area contributed by atoms with Gasteiger partial charge in [-0.15, -0.1) is 0 Å². The molecule has 0 atom stereocenters. The standard InChI is InChI=1S/C10H12O/c1-8-2-4-9-6-7-11-10(9)5-3-8/h3-5H,2,6-7H2,1H3. The third-order valence-corrected chi connectivity index (χ3v) is 2.14. The highest BCUT2D eigenvalue weighted by molar-refractivity contribution is 5.36.